The van der Waals surface area contributed by atoms with E-state index in [0.717, 1.165) is 89.3 Å². The van der Waals surface area contributed by atoms with E-state index in [1.165, 1.54) is 12.1 Å². The van der Waals surface area contributed by atoms with Crippen molar-refractivity contribution >= 4 is 35.6 Å². The van der Waals surface area contributed by atoms with Crippen LogP contribution in [-0.2, 0) is 17.7 Å². The van der Waals surface area contributed by atoms with E-state index >= 15 is 0 Å². The smallest absolute Gasteiger partial charge is 0.194 e. The molecule has 0 radical (unpaired) electrons. The largest absolute Gasteiger partial charge is 0.381 e. The molecule has 1 aromatic carbocycles. The lowest BCUT2D eigenvalue weighted by molar-refractivity contribution is 0.187. The number of ether oxygens (including phenoxy) is 1. The summed E-state index contributed by atoms with van der Waals surface area (Å²) >= 11 is 0. The lowest BCUT2D eigenvalue weighted by atomic mass is 10.1. The topological polar surface area (TPSA) is 70.8 Å². The summed E-state index contributed by atoms with van der Waals surface area (Å²) in [5.74, 6) is 2.26. The number of hydrogen-bond donors (Lipinski definition) is 1. The average Bonchev–Trinajstić information content (AvgIpc) is 3.48. The van der Waals surface area contributed by atoms with Gasteiger partial charge in [-0.3, -0.25) is 4.99 Å². The van der Waals surface area contributed by atoms with Crippen LogP contribution in [0, 0.1) is 11.7 Å². The molecule has 2 saturated heterocycles. The monoisotopic (exact) mass is 557 g/mol. The summed E-state index contributed by atoms with van der Waals surface area (Å²) < 4.78 is 20.8. The van der Waals surface area contributed by atoms with Gasteiger partial charge in [-0.25, -0.2) is 4.39 Å². The first-order valence-corrected chi connectivity index (χ1v) is 11.2. The van der Waals surface area contributed by atoms with Gasteiger partial charge in [0.05, 0.1) is 6.61 Å². The van der Waals surface area contributed by atoms with Crippen molar-refractivity contribution < 1.29 is 9.13 Å². The summed E-state index contributed by atoms with van der Waals surface area (Å²) in [5, 5.41) is 11.7. The maximum Gasteiger partial charge on any atom is 0.194 e. The number of halogens is 2. The zero-order valence-corrected chi connectivity index (χ0v) is 21.0. The van der Waals surface area contributed by atoms with E-state index in [0.29, 0.717) is 5.92 Å². The third-order valence-electron chi connectivity index (χ3n) is 5.94. The van der Waals surface area contributed by atoms with Crippen molar-refractivity contribution in [3.05, 3.63) is 42.2 Å². The molecule has 0 spiro atoms. The van der Waals surface area contributed by atoms with Crippen molar-refractivity contribution in [2.75, 3.05) is 57.4 Å². The molecule has 2 aliphatic heterocycles. The molecule has 0 bridgehead atoms. The van der Waals surface area contributed by atoms with Crippen molar-refractivity contribution in [1.29, 1.82) is 0 Å². The predicted molar refractivity (Wildman–Crippen MR) is 134 cm³/mol. The summed E-state index contributed by atoms with van der Waals surface area (Å²) in [6, 6.07) is 6.75. The Kier molecular flexibility index (Phi) is 9.51. The molecule has 0 aliphatic carbocycles. The zero-order chi connectivity index (χ0) is 21.5. The van der Waals surface area contributed by atoms with E-state index in [1.807, 2.05) is 12.1 Å². The first-order valence-electron chi connectivity index (χ1n) is 11.2. The van der Waals surface area contributed by atoms with Crippen molar-refractivity contribution in [2.45, 2.75) is 26.3 Å². The first-order chi connectivity index (χ1) is 15.2. The Morgan fingerprint density at radius 3 is 2.69 bits per heavy atom. The molecule has 3 heterocycles. The van der Waals surface area contributed by atoms with Crippen LogP contribution in [0.2, 0.25) is 0 Å². The lowest BCUT2D eigenvalue weighted by Gasteiger charge is -2.38. The number of hydrogen-bond acceptors (Lipinski definition) is 5. The zero-order valence-electron chi connectivity index (χ0n) is 18.6. The summed E-state index contributed by atoms with van der Waals surface area (Å²) in [4.78, 5) is 9.56. The SMILES string of the molecule is CCc1nncn1CCNC(=NCC1CCOC1)N1CCN(c2ccc(F)cc2)CC1.I. The Bertz CT molecular complexity index is 846. The molecule has 1 aromatic heterocycles. The van der Waals surface area contributed by atoms with Gasteiger partial charge in [-0.15, -0.1) is 34.2 Å². The van der Waals surface area contributed by atoms with E-state index < -0.39 is 0 Å². The highest BCUT2D eigenvalue weighted by atomic mass is 127. The molecule has 2 fully saturated rings. The number of nitrogens with one attached hydrogen (secondary N) is 1. The van der Waals surface area contributed by atoms with Gasteiger partial charge in [0.1, 0.15) is 18.0 Å². The summed E-state index contributed by atoms with van der Waals surface area (Å²) in [6.45, 7) is 9.59. The van der Waals surface area contributed by atoms with Gasteiger partial charge in [-0.05, 0) is 30.7 Å². The summed E-state index contributed by atoms with van der Waals surface area (Å²) in [7, 11) is 0. The number of aromatic nitrogens is 3. The number of anilines is 1. The van der Waals surface area contributed by atoms with Gasteiger partial charge in [0.2, 0.25) is 0 Å². The predicted octanol–water partition coefficient (Wildman–Crippen LogP) is 2.40. The van der Waals surface area contributed by atoms with Crippen LogP contribution in [0.3, 0.4) is 0 Å². The molecule has 176 valence electrons. The van der Waals surface area contributed by atoms with Crippen LogP contribution in [0.25, 0.3) is 0 Å². The molecule has 10 heteroatoms. The molecule has 4 rings (SSSR count). The van der Waals surface area contributed by atoms with Gasteiger partial charge in [0.15, 0.2) is 5.96 Å². The van der Waals surface area contributed by atoms with Crippen LogP contribution in [0.5, 0.6) is 0 Å². The minimum Gasteiger partial charge on any atom is -0.381 e. The third kappa shape index (κ3) is 6.53. The van der Waals surface area contributed by atoms with Crippen molar-refractivity contribution in [3.8, 4) is 0 Å². The Labute approximate surface area is 206 Å². The molecular formula is C22H33FIN7O. The van der Waals surface area contributed by atoms with Gasteiger partial charge >= 0.3 is 0 Å². The normalized spacial score (nSPS) is 19.2. The molecule has 32 heavy (non-hydrogen) atoms. The second kappa shape index (κ2) is 12.3. The van der Waals surface area contributed by atoms with E-state index in [2.05, 4.69) is 36.8 Å². The van der Waals surface area contributed by atoms with E-state index in [9.17, 15) is 4.39 Å². The molecule has 2 aliphatic rings. The fourth-order valence-corrected chi connectivity index (χ4v) is 4.07. The van der Waals surface area contributed by atoms with Gasteiger partial charge < -0.3 is 24.4 Å². The van der Waals surface area contributed by atoms with E-state index in [-0.39, 0.29) is 29.8 Å². The highest BCUT2D eigenvalue weighted by molar-refractivity contribution is 14.0. The fraction of sp³-hybridized carbons (Fsp3) is 0.591. The summed E-state index contributed by atoms with van der Waals surface area (Å²) in [6.07, 6.45) is 3.73. The van der Waals surface area contributed by atoms with Crippen LogP contribution in [0.4, 0.5) is 10.1 Å². The number of aliphatic imine (C=N–C) groups is 1. The number of benzene rings is 1. The summed E-state index contributed by atoms with van der Waals surface area (Å²) in [5.41, 5.74) is 1.07. The van der Waals surface area contributed by atoms with Crippen LogP contribution in [0.1, 0.15) is 19.2 Å². The van der Waals surface area contributed by atoms with Crippen molar-refractivity contribution in [3.63, 3.8) is 0 Å². The van der Waals surface area contributed by atoms with Crippen LogP contribution >= 0.6 is 24.0 Å². The van der Waals surface area contributed by atoms with Crippen LogP contribution in [0.15, 0.2) is 35.6 Å². The van der Waals surface area contributed by atoms with E-state index in [4.69, 9.17) is 9.73 Å². The highest BCUT2D eigenvalue weighted by Crippen LogP contribution is 2.17. The lowest BCUT2D eigenvalue weighted by Crippen LogP contribution is -2.53. The molecule has 2 aromatic rings. The Hall–Kier alpha value is -1.95. The van der Waals surface area contributed by atoms with Gasteiger partial charge in [0.25, 0.3) is 0 Å². The number of piperazine rings is 1. The molecular weight excluding hydrogens is 524 g/mol. The quantitative estimate of drug-likeness (QED) is 0.321. The number of guanidine groups is 1. The second-order valence-corrected chi connectivity index (χ2v) is 8.07. The Balaban J connectivity index is 0.00000289. The number of aryl methyl sites for hydroxylation is 1. The van der Waals surface area contributed by atoms with Gasteiger partial charge in [0, 0.05) is 70.4 Å². The minimum absolute atomic E-state index is 0. The van der Waals surface area contributed by atoms with E-state index in [1.54, 1.807) is 6.33 Å². The van der Waals surface area contributed by atoms with Gasteiger partial charge in [-0.2, -0.15) is 0 Å². The molecule has 1 atom stereocenters. The Morgan fingerprint density at radius 1 is 1.22 bits per heavy atom. The highest BCUT2D eigenvalue weighted by Gasteiger charge is 2.21. The van der Waals surface area contributed by atoms with Crippen LogP contribution in [-0.4, -0.2) is 78.1 Å². The molecule has 0 saturated carbocycles. The fourth-order valence-electron chi connectivity index (χ4n) is 4.07. The molecule has 1 unspecified atom stereocenters. The Morgan fingerprint density at radius 2 is 2.00 bits per heavy atom. The molecule has 1 N–H and O–H groups in total. The molecule has 0 amide bonds. The van der Waals surface area contributed by atoms with Crippen molar-refractivity contribution in [1.82, 2.24) is 25.0 Å². The second-order valence-electron chi connectivity index (χ2n) is 8.07. The maximum atomic E-state index is 13.2. The minimum atomic E-state index is -0.198. The number of rotatable bonds is 7. The third-order valence-corrected chi connectivity index (χ3v) is 5.94. The first kappa shape index (κ1) is 24.7. The van der Waals surface area contributed by atoms with Gasteiger partial charge in [-0.1, -0.05) is 6.92 Å². The standard InChI is InChI=1S/C22H32FN7O.HI/c1-2-21-27-26-17-30(21)9-8-24-22(25-15-18-7-14-31-16-18)29-12-10-28(11-13-29)20-5-3-19(23)4-6-20;/h3-6,17-18H,2,7-16H2,1H3,(H,24,25);1H. The van der Waals surface area contributed by atoms with Crippen molar-refractivity contribution in [2.24, 2.45) is 10.9 Å². The maximum absolute atomic E-state index is 13.2. The average molecular weight is 557 g/mol. The number of nitrogens with zero attached hydrogens (tertiary/aromatic N) is 6. The van der Waals surface area contributed by atoms with Crippen LogP contribution < -0.4 is 10.2 Å². The molecule has 8 nitrogen and oxygen atoms in total.